The number of nitrogens with zero attached hydrogens (tertiary/aromatic N) is 2. The summed E-state index contributed by atoms with van der Waals surface area (Å²) in [6.45, 7) is 3.69. The molecule has 0 spiro atoms. The summed E-state index contributed by atoms with van der Waals surface area (Å²) in [6, 6.07) is 6.68. The topological polar surface area (TPSA) is 79.3 Å². The van der Waals surface area contributed by atoms with Gasteiger partial charge in [0.25, 0.3) is 11.8 Å². The zero-order chi connectivity index (χ0) is 17.1. The van der Waals surface area contributed by atoms with Crippen molar-refractivity contribution in [3.8, 4) is 5.75 Å². The molecule has 1 N–H and O–H groups in total. The molecule has 1 fully saturated rings. The van der Waals surface area contributed by atoms with E-state index in [1.165, 1.54) is 0 Å². The van der Waals surface area contributed by atoms with Crippen LogP contribution < -0.4 is 4.74 Å². The van der Waals surface area contributed by atoms with Crippen molar-refractivity contribution in [3.05, 3.63) is 35.6 Å². The van der Waals surface area contributed by atoms with Crippen LogP contribution in [0, 0.1) is 0 Å². The summed E-state index contributed by atoms with van der Waals surface area (Å²) in [5, 5.41) is 10.1. The number of amides is 2. The third-order valence-electron chi connectivity index (χ3n) is 4.27. The third-order valence-corrected chi connectivity index (χ3v) is 4.27. The van der Waals surface area contributed by atoms with Crippen LogP contribution in [-0.2, 0) is 14.3 Å². The molecular formula is C17H20N2O5. The maximum Gasteiger partial charge on any atom is 0.296 e. The highest BCUT2D eigenvalue weighted by molar-refractivity contribution is 6.34. The van der Waals surface area contributed by atoms with Crippen molar-refractivity contribution in [2.45, 2.75) is 0 Å². The monoisotopic (exact) mass is 332 g/mol. The Morgan fingerprint density at radius 1 is 1.08 bits per heavy atom. The molecular weight excluding hydrogens is 312 g/mol. The number of carbonyl (C=O) groups excluding carboxylic acids is 2. The predicted molar refractivity (Wildman–Crippen MR) is 86.5 cm³/mol. The largest absolute Gasteiger partial charge is 0.502 e. The molecule has 3 rings (SSSR count). The Morgan fingerprint density at radius 2 is 1.75 bits per heavy atom. The lowest BCUT2D eigenvalue weighted by Crippen LogP contribution is -2.43. The standard InChI is InChI=1S/C17H20N2O5/c1-23-13-4-2-12(3-5-13)14-15(20)17(22)19(16(14)21)7-6-18-8-10-24-11-9-18/h2-5,20H,6-11H2,1H3. The highest BCUT2D eigenvalue weighted by Crippen LogP contribution is 2.29. The van der Waals surface area contributed by atoms with Crippen LogP contribution in [0.15, 0.2) is 30.0 Å². The van der Waals surface area contributed by atoms with E-state index in [1.54, 1.807) is 31.4 Å². The highest BCUT2D eigenvalue weighted by Gasteiger charge is 2.39. The molecule has 2 amide bonds. The molecule has 7 nitrogen and oxygen atoms in total. The van der Waals surface area contributed by atoms with E-state index in [9.17, 15) is 14.7 Å². The third kappa shape index (κ3) is 3.13. The fraction of sp³-hybridized carbons (Fsp3) is 0.412. The van der Waals surface area contributed by atoms with Crippen LogP contribution in [0.3, 0.4) is 0 Å². The minimum absolute atomic E-state index is 0.0460. The maximum absolute atomic E-state index is 12.6. The first-order chi connectivity index (χ1) is 11.6. The minimum Gasteiger partial charge on any atom is -0.502 e. The molecule has 2 aliphatic heterocycles. The number of carbonyl (C=O) groups is 2. The fourth-order valence-electron chi connectivity index (χ4n) is 2.85. The van der Waals surface area contributed by atoms with Gasteiger partial charge in [0.1, 0.15) is 5.75 Å². The van der Waals surface area contributed by atoms with Gasteiger partial charge in [-0.3, -0.25) is 19.4 Å². The van der Waals surface area contributed by atoms with E-state index in [1.807, 2.05) is 0 Å². The Morgan fingerprint density at radius 3 is 2.38 bits per heavy atom. The Hall–Kier alpha value is -2.38. The van der Waals surface area contributed by atoms with Crippen molar-refractivity contribution in [3.63, 3.8) is 0 Å². The molecule has 1 aromatic rings. The molecule has 7 heteroatoms. The summed E-state index contributed by atoms with van der Waals surface area (Å²) in [4.78, 5) is 28.0. The molecule has 0 radical (unpaired) electrons. The van der Waals surface area contributed by atoms with E-state index in [-0.39, 0.29) is 12.1 Å². The Balaban J connectivity index is 1.71. The summed E-state index contributed by atoms with van der Waals surface area (Å²) in [5.74, 6) is -0.957. The summed E-state index contributed by atoms with van der Waals surface area (Å²) >= 11 is 0. The van der Waals surface area contributed by atoms with E-state index >= 15 is 0 Å². The number of benzene rings is 1. The number of hydrogen-bond donors (Lipinski definition) is 1. The lowest BCUT2D eigenvalue weighted by atomic mass is 10.1. The Kier molecular flexibility index (Phi) is 4.82. The van der Waals surface area contributed by atoms with Gasteiger partial charge < -0.3 is 14.6 Å². The van der Waals surface area contributed by atoms with Crippen LogP contribution in [0.5, 0.6) is 5.75 Å². The van der Waals surface area contributed by atoms with E-state index in [4.69, 9.17) is 9.47 Å². The zero-order valence-electron chi connectivity index (χ0n) is 13.5. The van der Waals surface area contributed by atoms with Gasteiger partial charge in [-0.25, -0.2) is 0 Å². The van der Waals surface area contributed by atoms with Crippen molar-refractivity contribution in [1.29, 1.82) is 0 Å². The zero-order valence-corrected chi connectivity index (χ0v) is 13.5. The quantitative estimate of drug-likeness (QED) is 0.798. The summed E-state index contributed by atoms with van der Waals surface area (Å²) in [5.41, 5.74) is 0.546. The number of aliphatic hydroxyl groups is 1. The van der Waals surface area contributed by atoms with Crippen molar-refractivity contribution >= 4 is 17.4 Å². The summed E-state index contributed by atoms with van der Waals surface area (Å²) < 4.78 is 10.4. The predicted octanol–water partition coefficient (Wildman–Crippen LogP) is 0.665. The lowest BCUT2D eigenvalue weighted by Gasteiger charge is -2.28. The van der Waals surface area contributed by atoms with Crippen LogP contribution in [0.25, 0.3) is 5.57 Å². The van der Waals surface area contributed by atoms with Gasteiger partial charge in [-0.05, 0) is 17.7 Å². The van der Waals surface area contributed by atoms with Crippen LogP contribution in [0.1, 0.15) is 5.56 Å². The molecule has 0 atom stereocenters. The van der Waals surface area contributed by atoms with Gasteiger partial charge in [0.15, 0.2) is 5.76 Å². The van der Waals surface area contributed by atoms with Crippen LogP contribution in [-0.4, -0.2) is 73.2 Å². The van der Waals surface area contributed by atoms with Crippen LogP contribution >= 0.6 is 0 Å². The van der Waals surface area contributed by atoms with Gasteiger partial charge in [0, 0.05) is 26.2 Å². The molecule has 0 saturated carbocycles. The Labute approximate surface area is 140 Å². The number of ether oxygens (including phenoxy) is 2. The first-order valence-corrected chi connectivity index (χ1v) is 7.86. The molecule has 0 aliphatic carbocycles. The van der Waals surface area contributed by atoms with E-state index in [2.05, 4.69) is 4.90 Å². The number of rotatable bonds is 5. The smallest absolute Gasteiger partial charge is 0.296 e. The molecule has 0 unspecified atom stereocenters. The molecule has 2 aliphatic rings. The van der Waals surface area contributed by atoms with E-state index in [0.717, 1.165) is 18.0 Å². The SMILES string of the molecule is COc1ccc(C2=C(O)C(=O)N(CCN3CCOCC3)C2=O)cc1. The van der Waals surface area contributed by atoms with Gasteiger partial charge in [-0.15, -0.1) is 0 Å². The number of imide groups is 1. The van der Waals surface area contributed by atoms with Crippen LogP contribution in [0.2, 0.25) is 0 Å². The van der Waals surface area contributed by atoms with Crippen molar-refractivity contribution in [1.82, 2.24) is 9.80 Å². The highest BCUT2D eigenvalue weighted by atomic mass is 16.5. The molecule has 128 valence electrons. The molecule has 1 saturated heterocycles. The second-order valence-electron chi connectivity index (χ2n) is 5.67. The normalized spacial score (nSPS) is 19.3. The fourth-order valence-corrected chi connectivity index (χ4v) is 2.85. The minimum atomic E-state index is -0.640. The van der Waals surface area contributed by atoms with Gasteiger partial charge >= 0.3 is 0 Å². The average molecular weight is 332 g/mol. The van der Waals surface area contributed by atoms with Crippen LogP contribution in [0.4, 0.5) is 0 Å². The van der Waals surface area contributed by atoms with Gasteiger partial charge in [0.2, 0.25) is 0 Å². The van der Waals surface area contributed by atoms with Gasteiger partial charge in [-0.2, -0.15) is 0 Å². The lowest BCUT2D eigenvalue weighted by molar-refractivity contribution is -0.138. The molecule has 0 aromatic heterocycles. The van der Waals surface area contributed by atoms with Gasteiger partial charge in [0.05, 0.1) is 25.9 Å². The molecule has 2 heterocycles. The number of hydrogen-bond acceptors (Lipinski definition) is 6. The summed E-state index contributed by atoms with van der Waals surface area (Å²) in [7, 11) is 1.55. The van der Waals surface area contributed by atoms with Crippen molar-refractivity contribution in [2.24, 2.45) is 0 Å². The molecule has 1 aromatic carbocycles. The second-order valence-corrected chi connectivity index (χ2v) is 5.67. The number of aliphatic hydroxyl groups excluding tert-OH is 1. The average Bonchev–Trinajstić information content (AvgIpc) is 2.83. The van der Waals surface area contributed by atoms with Gasteiger partial charge in [-0.1, -0.05) is 12.1 Å². The Bertz CT molecular complexity index is 662. The van der Waals surface area contributed by atoms with Crippen molar-refractivity contribution < 1.29 is 24.2 Å². The first kappa shape index (κ1) is 16.5. The van der Waals surface area contributed by atoms with E-state index in [0.29, 0.717) is 31.1 Å². The van der Waals surface area contributed by atoms with E-state index < -0.39 is 17.6 Å². The summed E-state index contributed by atoms with van der Waals surface area (Å²) in [6.07, 6.45) is 0. The maximum atomic E-state index is 12.6. The molecule has 0 bridgehead atoms. The number of methoxy groups -OCH3 is 1. The number of morpholine rings is 1. The first-order valence-electron chi connectivity index (χ1n) is 7.86. The molecule has 24 heavy (non-hydrogen) atoms. The second kappa shape index (κ2) is 7.02. The van der Waals surface area contributed by atoms with Crippen molar-refractivity contribution in [2.75, 3.05) is 46.5 Å².